The lowest BCUT2D eigenvalue weighted by Gasteiger charge is -2.38. The summed E-state index contributed by atoms with van der Waals surface area (Å²) in [6.07, 6.45) is 0.657. The van der Waals surface area contributed by atoms with Crippen LogP contribution in [0.5, 0.6) is 0 Å². The number of amides is 2. The van der Waals surface area contributed by atoms with Gasteiger partial charge in [0.15, 0.2) is 0 Å². The fraction of sp³-hybridized carbons (Fsp3) is 0.421. The number of para-hydroxylation sites is 1. The molecule has 0 aliphatic carbocycles. The van der Waals surface area contributed by atoms with Crippen molar-refractivity contribution in [2.75, 3.05) is 33.3 Å². The summed E-state index contributed by atoms with van der Waals surface area (Å²) in [7, 11) is 3.42. The number of hydrogen-bond acceptors (Lipinski definition) is 4. The molecule has 0 unspecified atom stereocenters. The normalized spacial score (nSPS) is 23.2. The number of pyridine rings is 1. The van der Waals surface area contributed by atoms with Crippen LogP contribution in [-0.4, -0.2) is 65.1 Å². The van der Waals surface area contributed by atoms with Crippen molar-refractivity contribution in [1.82, 2.24) is 14.4 Å². The number of aryl methyl sites for hydroxylation is 1. The highest BCUT2D eigenvalue weighted by Crippen LogP contribution is 2.30. The molecular weight excluding hydrogens is 334 g/mol. The Morgan fingerprint density at radius 2 is 1.92 bits per heavy atom. The number of aromatic nitrogens is 1. The van der Waals surface area contributed by atoms with Crippen molar-refractivity contribution in [3.63, 3.8) is 0 Å². The Labute approximate surface area is 150 Å². The maximum absolute atomic E-state index is 13.0. The number of fused-ring (bicyclic) bond motifs is 1. The minimum absolute atomic E-state index is 0.0380. The number of carbonyl (C=O) groups excluding carboxylic acids is 2. The third kappa shape index (κ3) is 2.59. The molecule has 0 bridgehead atoms. The molecule has 0 saturated carbocycles. The fourth-order valence-electron chi connectivity index (χ4n) is 3.90. The molecule has 26 heavy (non-hydrogen) atoms. The summed E-state index contributed by atoms with van der Waals surface area (Å²) >= 11 is 0. The number of hydrogen-bond donors (Lipinski definition) is 0. The minimum atomic E-state index is -0.527. The van der Waals surface area contributed by atoms with E-state index >= 15 is 0 Å². The highest BCUT2D eigenvalue weighted by molar-refractivity contribution is 5.97. The zero-order chi connectivity index (χ0) is 18.5. The molecule has 2 fully saturated rings. The Hall–Kier alpha value is -2.67. The van der Waals surface area contributed by atoms with E-state index in [1.807, 2.05) is 24.3 Å². The van der Waals surface area contributed by atoms with Crippen molar-refractivity contribution in [3.8, 4) is 0 Å². The van der Waals surface area contributed by atoms with Crippen LogP contribution in [-0.2, 0) is 16.6 Å². The Kier molecular flexibility index (Phi) is 3.84. The van der Waals surface area contributed by atoms with E-state index in [0.29, 0.717) is 26.1 Å². The van der Waals surface area contributed by atoms with Gasteiger partial charge >= 0.3 is 0 Å². The van der Waals surface area contributed by atoms with Crippen LogP contribution in [0.4, 0.5) is 0 Å². The van der Waals surface area contributed by atoms with Crippen LogP contribution in [0.1, 0.15) is 16.8 Å². The van der Waals surface area contributed by atoms with E-state index in [0.717, 1.165) is 10.9 Å². The molecule has 0 radical (unpaired) electrons. The SMILES string of the molecule is CN1C[C@@]2(CCN(C(=O)c3cc4ccccc4n(C)c3=O)C2)OCC1=O. The van der Waals surface area contributed by atoms with E-state index in [-0.39, 0.29) is 29.5 Å². The second-order valence-corrected chi connectivity index (χ2v) is 7.18. The van der Waals surface area contributed by atoms with Crippen molar-refractivity contribution >= 4 is 22.7 Å². The number of rotatable bonds is 1. The summed E-state index contributed by atoms with van der Waals surface area (Å²) in [5, 5.41) is 0.853. The van der Waals surface area contributed by atoms with Crippen LogP contribution in [0.3, 0.4) is 0 Å². The van der Waals surface area contributed by atoms with Gasteiger partial charge in [0.2, 0.25) is 5.91 Å². The van der Waals surface area contributed by atoms with Crippen LogP contribution in [0.25, 0.3) is 10.9 Å². The lowest BCUT2D eigenvalue weighted by Crippen LogP contribution is -2.54. The molecule has 1 aromatic carbocycles. The number of likely N-dealkylation sites (N-methyl/N-ethyl adjacent to an activating group) is 1. The van der Waals surface area contributed by atoms with Crippen LogP contribution in [0.15, 0.2) is 35.1 Å². The molecule has 136 valence electrons. The number of ether oxygens (including phenoxy) is 1. The highest BCUT2D eigenvalue weighted by Gasteiger charge is 2.45. The van der Waals surface area contributed by atoms with E-state index in [1.165, 1.54) is 4.57 Å². The summed E-state index contributed by atoms with van der Waals surface area (Å²) in [6.45, 7) is 1.40. The molecule has 3 heterocycles. The van der Waals surface area contributed by atoms with Crippen LogP contribution in [0, 0.1) is 0 Å². The molecule has 1 spiro atoms. The Bertz CT molecular complexity index is 967. The minimum Gasteiger partial charge on any atom is -0.361 e. The first-order chi connectivity index (χ1) is 12.4. The van der Waals surface area contributed by atoms with E-state index in [9.17, 15) is 14.4 Å². The largest absolute Gasteiger partial charge is 0.361 e. The van der Waals surface area contributed by atoms with Gasteiger partial charge in [0.25, 0.3) is 11.5 Å². The maximum atomic E-state index is 13.0. The molecule has 2 amide bonds. The first-order valence-electron chi connectivity index (χ1n) is 8.66. The topological polar surface area (TPSA) is 71.8 Å². The highest BCUT2D eigenvalue weighted by atomic mass is 16.5. The van der Waals surface area contributed by atoms with E-state index in [4.69, 9.17) is 4.74 Å². The molecule has 0 N–H and O–H groups in total. The number of nitrogens with zero attached hydrogens (tertiary/aromatic N) is 3. The van der Waals surface area contributed by atoms with Crippen LogP contribution < -0.4 is 5.56 Å². The number of morpholine rings is 1. The predicted molar refractivity (Wildman–Crippen MR) is 96.0 cm³/mol. The van der Waals surface area contributed by atoms with Crippen molar-refractivity contribution < 1.29 is 14.3 Å². The standard InChI is InChI=1S/C19H21N3O4/c1-20-11-19(26-10-16(20)23)7-8-22(12-19)18(25)14-9-13-5-3-4-6-15(13)21(2)17(14)24/h3-6,9H,7-8,10-12H2,1-2H3/t19-/m1/s1. The van der Waals surface area contributed by atoms with Crippen molar-refractivity contribution in [2.45, 2.75) is 12.0 Å². The fourth-order valence-corrected chi connectivity index (χ4v) is 3.90. The van der Waals surface area contributed by atoms with Gasteiger partial charge in [-0.1, -0.05) is 18.2 Å². The lowest BCUT2D eigenvalue weighted by molar-refractivity contribution is -0.158. The first kappa shape index (κ1) is 16.8. The number of likely N-dealkylation sites (tertiary alicyclic amines) is 1. The zero-order valence-corrected chi connectivity index (χ0v) is 14.9. The molecule has 1 atom stereocenters. The molecule has 7 nitrogen and oxygen atoms in total. The van der Waals surface area contributed by atoms with Gasteiger partial charge in [0.05, 0.1) is 18.6 Å². The van der Waals surface area contributed by atoms with Gasteiger partial charge in [-0.05, 0) is 23.9 Å². The van der Waals surface area contributed by atoms with Crippen molar-refractivity contribution in [2.24, 2.45) is 7.05 Å². The summed E-state index contributed by atoms with van der Waals surface area (Å²) in [5.74, 6) is -0.333. The van der Waals surface area contributed by atoms with Gasteiger partial charge in [0.1, 0.15) is 17.8 Å². The molecule has 2 aliphatic heterocycles. The van der Waals surface area contributed by atoms with Crippen molar-refractivity contribution in [3.05, 3.63) is 46.2 Å². The quantitative estimate of drug-likeness (QED) is 0.752. The molecule has 2 saturated heterocycles. The summed E-state index contributed by atoms with van der Waals surface area (Å²) < 4.78 is 7.29. The third-order valence-electron chi connectivity index (χ3n) is 5.42. The second-order valence-electron chi connectivity index (χ2n) is 7.18. The Balaban J connectivity index is 1.63. The number of benzene rings is 1. The summed E-state index contributed by atoms with van der Waals surface area (Å²) in [5.41, 5.74) is 0.137. The van der Waals surface area contributed by atoms with E-state index in [1.54, 1.807) is 30.0 Å². The van der Waals surface area contributed by atoms with Gasteiger partial charge < -0.3 is 19.1 Å². The van der Waals surface area contributed by atoms with Crippen LogP contribution in [0.2, 0.25) is 0 Å². The van der Waals surface area contributed by atoms with Gasteiger partial charge in [-0.15, -0.1) is 0 Å². The second kappa shape index (κ2) is 5.95. The average molecular weight is 355 g/mol. The van der Waals surface area contributed by atoms with Crippen molar-refractivity contribution in [1.29, 1.82) is 0 Å². The molecule has 7 heteroatoms. The van der Waals surface area contributed by atoms with E-state index < -0.39 is 5.60 Å². The summed E-state index contributed by atoms with van der Waals surface area (Å²) in [4.78, 5) is 40.6. The molecule has 1 aromatic heterocycles. The Morgan fingerprint density at radius 3 is 2.69 bits per heavy atom. The van der Waals surface area contributed by atoms with Gasteiger partial charge in [-0.25, -0.2) is 0 Å². The van der Waals surface area contributed by atoms with E-state index in [2.05, 4.69) is 0 Å². The molecule has 2 aromatic rings. The Morgan fingerprint density at radius 1 is 1.15 bits per heavy atom. The first-order valence-corrected chi connectivity index (χ1v) is 8.66. The lowest BCUT2D eigenvalue weighted by atomic mass is 10.0. The van der Waals surface area contributed by atoms with Gasteiger partial charge in [0, 0.05) is 20.6 Å². The average Bonchev–Trinajstić information content (AvgIpc) is 3.05. The molecular formula is C19H21N3O4. The van der Waals surface area contributed by atoms with Gasteiger partial charge in [-0.2, -0.15) is 0 Å². The predicted octanol–water partition coefficient (Wildman–Crippen LogP) is 0.612. The number of carbonyl (C=O) groups is 2. The molecule has 2 aliphatic rings. The molecule has 4 rings (SSSR count). The zero-order valence-electron chi connectivity index (χ0n) is 14.9. The smallest absolute Gasteiger partial charge is 0.263 e. The monoisotopic (exact) mass is 355 g/mol. The summed E-state index contributed by atoms with van der Waals surface area (Å²) in [6, 6.07) is 9.17. The van der Waals surface area contributed by atoms with Crippen LogP contribution >= 0.6 is 0 Å². The third-order valence-corrected chi connectivity index (χ3v) is 5.42. The maximum Gasteiger partial charge on any atom is 0.263 e. The van der Waals surface area contributed by atoms with Gasteiger partial charge in [-0.3, -0.25) is 14.4 Å².